The number of halogens is 3. The highest BCUT2D eigenvalue weighted by Crippen LogP contribution is 2.48. The molecule has 0 atom stereocenters. The highest BCUT2D eigenvalue weighted by molar-refractivity contribution is 7.00. The molecule has 0 unspecified atom stereocenters. The Kier molecular flexibility index (Phi) is 5.91. The van der Waals surface area contributed by atoms with E-state index in [1.807, 2.05) is 68.4 Å². The van der Waals surface area contributed by atoms with E-state index >= 15 is 0 Å². The number of nitrogens with zero attached hydrogens (tertiary/aromatic N) is 2. The average Bonchev–Trinajstić information content (AvgIpc) is 2.94. The molecule has 208 valence electrons. The van der Waals surface area contributed by atoms with E-state index in [-0.39, 0.29) is 12.5 Å². The van der Waals surface area contributed by atoms with Crippen molar-refractivity contribution in [1.29, 1.82) is 0 Å². The molecule has 0 N–H and O–H groups in total. The lowest BCUT2D eigenvalue weighted by molar-refractivity contribution is -0.274. The van der Waals surface area contributed by atoms with Crippen molar-refractivity contribution in [2.45, 2.75) is 34.1 Å². The zero-order chi connectivity index (χ0) is 29.3. The quantitative estimate of drug-likeness (QED) is 0.205. The maximum absolute atomic E-state index is 13.8. The van der Waals surface area contributed by atoms with Crippen LogP contribution in [0.3, 0.4) is 0 Å². The third-order valence-electron chi connectivity index (χ3n) is 8.46. The molecule has 2 aliphatic rings. The predicted molar refractivity (Wildman–Crippen MR) is 166 cm³/mol. The van der Waals surface area contributed by atoms with Crippen molar-refractivity contribution in [1.82, 2.24) is 0 Å². The van der Waals surface area contributed by atoms with Crippen LogP contribution < -0.4 is 30.9 Å². The second-order valence-electron chi connectivity index (χ2n) is 11.1. The lowest BCUT2D eigenvalue weighted by Crippen LogP contribution is -2.62. The van der Waals surface area contributed by atoms with Gasteiger partial charge in [0.25, 0.3) is 6.71 Å². The fraction of sp³-hybridized carbons (Fsp3) is 0.143. The van der Waals surface area contributed by atoms with Gasteiger partial charge in [-0.05, 0) is 79.0 Å². The number of fused-ring (bicyclic) bond motifs is 4. The number of hydrogen-bond acceptors (Lipinski definition) is 3. The van der Waals surface area contributed by atoms with Crippen LogP contribution in [0, 0.1) is 27.7 Å². The van der Waals surface area contributed by atoms with E-state index in [0.29, 0.717) is 11.4 Å². The Balaban J connectivity index is 1.65. The zero-order valence-corrected chi connectivity index (χ0v) is 23.8. The minimum atomic E-state index is -4.84. The van der Waals surface area contributed by atoms with E-state index in [0.717, 1.165) is 61.4 Å². The molecule has 3 nitrogen and oxygen atoms in total. The van der Waals surface area contributed by atoms with Gasteiger partial charge in [0.05, 0.1) is 0 Å². The standard InChI is InChI=1S/C35H28BF3N2O/c1-21-11-5-7-16-27(21)40-29-18-10-13-23(3)32(29)36-26-15-9-14-24(4)34(26)41(28-17-8-6-12-22(28)2)31-20-25(42-35(37,38)39)19-30(40)33(31)36/h5-20H,1-4H3. The maximum atomic E-state index is 13.8. The molecule has 7 heteroatoms. The van der Waals surface area contributed by atoms with Crippen molar-refractivity contribution in [2.75, 3.05) is 9.80 Å². The summed E-state index contributed by atoms with van der Waals surface area (Å²) in [6, 6.07) is 31.6. The zero-order valence-electron chi connectivity index (χ0n) is 23.8. The lowest BCUT2D eigenvalue weighted by atomic mass is 9.32. The van der Waals surface area contributed by atoms with Gasteiger partial charge < -0.3 is 14.5 Å². The summed E-state index contributed by atoms with van der Waals surface area (Å²) < 4.78 is 46.1. The third-order valence-corrected chi connectivity index (χ3v) is 8.46. The SMILES string of the molecule is Cc1ccccc1N1c2cccc(C)c2B2c3cccc(C)c3N(c3ccccc3C)c3cc(OC(F)(F)F)cc1c32. The van der Waals surface area contributed by atoms with Gasteiger partial charge in [0.1, 0.15) is 5.75 Å². The smallest absolute Gasteiger partial charge is 0.406 e. The molecule has 0 aliphatic carbocycles. The van der Waals surface area contributed by atoms with Crippen LogP contribution in [0.1, 0.15) is 22.3 Å². The molecule has 0 saturated heterocycles. The molecule has 0 aromatic heterocycles. The number of para-hydroxylation sites is 3. The number of alkyl halides is 3. The summed E-state index contributed by atoms with van der Waals surface area (Å²) >= 11 is 0. The molecular formula is C35H28BF3N2O. The van der Waals surface area contributed by atoms with Gasteiger partial charge in [0, 0.05) is 46.3 Å². The summed E-state index contributed by atoms with van der Waals surface area (Å²) in [6.45, 7) is 8.05. The normalized spacial score (nSPS) is 13.5. The summed E-state index contributed by atoms with van der Waals surface area (Å²) in [4.78, 5) is 4.23. The summed E-state index contributed by atoms with van der Waals surface area (Å²) in [5.74, 6) is -0.250. The van der Waals surface area contributed by atoms with Gasteiger partial charge in [-0.3, -0.25) is 0 Å². The molecule has 2 heterocycles. The van der Waals surface area contributed by atoms with Crippen LogP contribution in [-0.2, 0) is 0 Å². The number of hydrogen-bond donors (Lipinski definition) is 0. The number of rotatable bonds is 3. The molecule has 5 aromatic carbocycles. The van der Waals surface area contributed by atoms with Crippen molar-refractivity contribution in [3.63, 3.8) is 0 Å². The van der Waals surface area contributed by atoms with Gasteiger partial charge in [-0.1, -0.05) is 72.3 Å². The molecule has 7 rings (SSSR count). The Morgan fingerprint density at radius 2 is 1.07 bits per heavy atom. The predicted octanol–water partition coefficient (Wildman–Crippen LogP) is 7.90. The first kappa shape index (κ1) is 26.3. The second-order valence-corrected chi connectivity index (χ2v) is 11.1. The van der Waals surface area contributed by atoms with E-state index in [9.17, 15) is 13.2 Å². The van der Waals surface area contributed by atoms with Crippen LogP contribution in [0.4, 0.5) is 47.3 Å². The van der Waals surface area contributed by atoms with E-state index in [4.69, 9.17) is 0 Å². The fourth-order valence-electron chi connectivity index (χ4n) is 6.76. The molecule has 5 aromatic rings. The minimum Gasteiger partial charge on any atom is -0.406 e. The molecule has 0 saturated carbocycles. The summed E-state index contributed by atoms with van der Waals surface area (Å²) in [6.07, 6.45) is -4.84. The molecule has 42 heavy (non-hydrogen) atoms. The fourth-order valence-corrected chi connectivity index (χ4v) is 6.76. The van der Waals surface area contributed by atoms with Crippen LogP contribution in [0.5, 0.6) is 5.75 Å². The van der Waals surface area contributed by atoms with E-state index < -0.39 is 6.36 Å². The molecule has 0 radical (unpaired) electrons. The summed E-state index contributed by atoms with van der Waals surface area (Å²) in [5.41, 5.74) is 12.5. The largest absolute Gasteiger partial charge is 0.573 e. The van der Waals surface area contributed by atoms with Gasteiger partial charge in [-0.2, -0.15) is 0 Å². The topological polar surface area (TPSA) is 15.7 Å². The molecule has 0 spiro atoms. The van der Waals surface area contributed by atoms with E-state index in [2.05, 4.69) is 58.7 Å². The Labute approximate surface area is 243 Å². The van der Waals surface area contributed by atoms with Gasteiger partial charge in [-0.25, -0.2) is 0 Å². The van der Waals surface area contributed by atoms with Crippen molar-refractivity contribution in [3.05, 3.63) is 119 Å². The minimum absolute atomic E-state index is 0.179. The van der Waals surface area contributed by atoms with Crippen LogP contribution in [-0.4, -0.2) is 13.1 Å². The van der Waals surface area contributed by atoms with Crippen LogP contribution >= 0.6 is 0 Å². The summed E-state index contributed by atoms with van der Waals surface area (Å²) in [7, 11) is 0. The average molecular weight is 560 g/mol. The Morgan fingerprint density at radius 1 is 0.548 bits per heavy atom. The van der Waals surface area contributed by atoms with Crippen LogP contribution in [0.15, 0.2) is 97.1 Å². The van der Waals surface area contributed by atoms with Gasteiger partial charge in [0.15, 0.2) is 0 Å². The number of anilines is 6. The first-order valence-corrected chi connectivity index (χ1v) is 14.0. The first-order chi connectivity index (χ1) is 20.1. The van der Waals surface area contributed by atoms with Gasteiger partial charge >= 0.3 is 6.36 Å². The highest BCUT2D eigenvalue weighted by atomic mass is 19.4. The Bertz CT molecular complexity index is 1880. The van der Waals surface area contributed by atoms with Crippen molar-refractivity contribution in [2.24, 2.45) is 0 Å². The van der Waals surface area contributed by atoms with E-state index in [1.54, 1.807) is 12.1 Å². The first-order valence-electron chi connectivity index (χ1n) is 14.0. The number of benzene rings is 5. The molecular weight excluding hydrogens is 532 g/mol. The van der Waals surface area contributed by atoms with Crippen LogP contribution in [0.25, 0.3) is 0 Å². The van der Waals surface area contributed by atoms with E-state index in [1.165, 1.54) is 0 Å². The Hall–Kier alpha value is -4.65. The van der Waals surface area contributed by atoms with Crippen molar-refractivity contribution >= 4 is 57.2 Å². The molecule has 0 fully saturated rings. The lowest BCUT2D eigenvalue weighted by Gasteiger charge is -2.45. The van der Waals surface area contributed by atoms with Gasteiger partial charge in [0.2, 0.25) is 0 Å². The second kappa shape index (κ2) is 9.45. The third kappa shape index (κ3) is 3.98. The summed E-state index contributed by atoms with van der Waals surface area (Å²) in [5, 5.41) is 0. The molecule has 0 bridgehead atoms. The molecule has 0 amide bonds. The maximum Gasteiger partial charge on any atom is 0.573 e. The number of aryl methyl sites for hydroxylation is 4. The van der Waals surface area contributed by atoms with Gasteiger partial charge in [-0.15, -0.1) is 13.2 Å². The highest BCUT2D eigenvalue weighted by Gasteiger charge is 2.45. The number of ether oxygens (including phenoxy) is 1. The van der Waals surface area contributed by atoms with Crippen LogP contribution in [0.2, 0.25) is 0 Å². The van der Waals surface area contributed by atoms with Crippen molar-refractivity contribution < 1.29 is 17.9 Å². The Morgan fingerprint density at radius 3 is 1.71 bits per heavy atom. The van der Waals surface area contributed by atoms with Crippen molar-refractivity contribution in [3.8, 4) is 5.75 Å². The molecule has 2 aliphatic heterocycles. The monoisotopic (exact) mass is 560 g/mol.